The Morgan fingerprint density at radius 2 is 1.74 bits per heavy atom. The van der Waals surface area contributed by atoms with Crippen LogP contribution < -0.4 is 29.6 Å². The maximum atomic E-state index is 14.6. The number of nitrogens with zero attached hydrogens (tertiary/aromatic N) is 2. The van der Waals surface area contributed by atoms with Crippen molar-refractivity contribution in [1.82, 2.24) is 25.2 Å². The van der Waals surface area contributed by atoms with E-state index in [1.165, 1.54) is 24.1 Å². The number of carbonyl (C=O) groups is 4. The van der Waals surface area contributed by atoms with Gasteiger partial charge in [-0.2, -0.15) is 0 Å². The van der Waals surface area contributed by atoms with Gasteiger partial charge in [0.15, 0.2) is 0 Å². The summed E-state index contributed by atoms with van der Waals surface area (Å²) in [6, 6.07) is 9.44. The molecule has 0 bridgehead atoms. The standard InChI is InChI=1S/C42H48F3N5O11S/c1-40(2,3)61-39(54)47-32-8-6-18-58-17-5-7-26-22-41(26,38(53)49-62(55,56)30-14-15-30)48-35(51)34-21-29(23-50(34)37(32)52)59-36-31-16-13-28(57-4)19-25(31)20-33(46-36)24-9-11-27(12-10-24)60-42(43,44)45/h5,7,9-13,16,19-20,26,29-30,32,34H,6,8,14-15,17-18,21-23H2,1-4H3,(H,47,54)(H,48,51)(H,49,53)/t26-,29?,32+,34+,41-/m1/s1. The highest BCUT2D eigenvalue weighted by atomic mass is 32.2. The number of carbonyl (C=O) groups excluding carboxylic acids is 4. The molecule has 16 nitrogen and oxygen atoms in total. The molecule has 62 heavy (non-hydrogen) atoms. The second-order valence-corrected chi connectivity index (χ2v) is 18.7. The maximum absolute atomic E-state index is 14.6. The minimum Gasteiger partial charge on any atom is -0.497 e. The molecule has 1 saturated heterocycles. The lowest BCUT2D eigenvalue weighted by atomic mass is 10.1. The minimum atomic E-state index is -4.89. The monoisotopic (exact) mass is 887 g/mol. The first-order valence-electron chi connectivity index (χ1n) is 20.2. The normalized spacial score (nSPS) is 24.7. The third kappa shape index (κ3) is 10.5. The fourth-order valence-corrected chi connectivity index (χ4v) is 8.93. The fraction of sp³-hybridized carbons (Fsp3) is 0.500. The van der Waals surface area contributed by atoms with Crippen LogP contribution in [-0.2, 0) is 33.9 Å². The number of aromatic nitrogens is 1. The summed E-state index contributed by atoms with van der Waals surface area (Å²) in [7, 11) is -2.50. The third-order valence-electron chi connectivity index (χ3n) is 10.8. The zero-order valence-electron chi connectivity index (χ0n) is 34.5. The van der Waals surface area contributed by atoms with Gasteiger partial charge in [0.25, 0.3) is 5.91 Å². The van der Waals surface area contributed by atoms with Gasteiger partial charge in [-0.3, -0.25) is 19.1 Å². The molecular formula is C42H48F3N5O11S. The predicted octanol–water partition coefficient (Wildman–Crippen LogP) is 4.90. The van der Waals surface area contributed by atoms with Crippen LogP contribution in [0.25, 0.3) is 22.0 Å². The van der Waals surface area contributed by atoms with Crippen molar-refractivity contribution < 1.29 is 64.5 Å². The molecule has 0 radical (unpaired) electrons. The first-order chi connectivity index (χ1) is 29.2. The van der Waals surface area contributed by atoms with Crippen molar-refractivity contribution in [2.45, 2.75) is 100 Å². The molecule has 1 aromatic heterocycles. The van der Waals surface area contributed by atoms with Gasteiger partial charge in [-0.15, -0.1) is 13.2 Å². The van der Waals surface area contributed by atoms with Crippen molar-refractivity contribution in [3.8, 4) is 28.6 Å². The molecule has 3 heterocycles. The largest absolute Gasteiger partial charge is 0.573 e. The molecule has 1 unspecified atom stereocenters. The number of benzene rings is 2. The fourth-order valence-electron chi connectivity index (χ4n) is 7.56. The lowest BCUT2D eigenvalue weighted by Gasteiger charge is -2.30. The van der Waals surface area contributed by atoms with Gasteiger partial charge >= 0.3 is 12.5 Å². The Morgan fingerprint density at radius 1 is 1.02 bits per heavy atom. The van der Waals surface area contributed by atoms with Crippen LogP contribution in [0, 0.1) is 5.92 Å². The van der Waals surface area contributed by atoms with Crippen LogP contribution in [0.3, 0.4) is 0 Å². The molecule has 2 aliphatic carbocycles. The van der Waals surface area contributed by atoms with Crippen molar-refractivity contribution in [2.24, 2.45) is 5.92 Å². The number of fused-ring (bicyclic) bond motifs is 3. The van der Waals surface area contributed by atoms with Crippen LogP contribution in [0.4, 0.5) is 18.0 Å². The summed E-state index contributed by atoms with van der Waals surface area (Å²) in [5.74, 6) is -2.74. The molecule has 3 N–H and O–H groups in total. The Morgan fingerprint density at radius 3 is 2.42 bits per heavy atom. The molecule has 2 saturated carbocycles. The first kappa shape index (κ1) is 44.4. The van der Waals surface area contributed by atoms with E-state index in [1.807, 2.05) is 0 Å². The van der Waals surface area contributed by atoms with Crippen molar-refractivity contribution >= 4 is 44.6 Å². The molecule has 334 valence electrons. The number of halogens is 3. The average molecular weight is 888 g/mol. The van der Waals surface area contributed by atoms with Crippen LogP contribution in [0.15, 0.2) is 60.7 Å². The summed E-state index contributed by atoms with van der Waals surface area (Å²) in [6.45, 7) is 5.16. The molecule has 5 atom stereocenters. The second kappa shape index (κ2) is 17.3. The number of rotatable bonds is 9. The van der Waals surface area contributed by atoms with E-state index in [0.717, 1.165) is 12.1 Å². The van der Waals surface area contributed by atoms with Gasteiger partial charge in [0.05, 0.1) is 31.2 Å². The smallest absolute Gasteiger partial charge is 0.497 e. The van der Waals surface area contributed by atoms with Gasteiger partial charge in [-0.05, 0) is 107 Å². The van der Waals surface area contributed by atoms with Gasteiger partial charge in [0, 0.05) is 29.9 Å². The van der Waals surface area contributed by atoms with E-state index in [9.17, 15) is 40.8 Å². The molecule has 3 fully saturated rings. The zero-order valence-corrected chi connectivity index (χ0v) is 35.3. The van der Waals surface area contributed by atoms with Crippen LogP contribution >= 0.6 is 0 Å². The van der Waals surface area contributed by atoms with Gasteiger partial charge < -0.3 is 39.2 Å². The number of methoxy groups -OCH3 is 1. The number of pyridine rings is 1. The molecule has 2 aliphatic heterocycles. The number of sulfonamides is 1. The number of nitrogens with one attached hydrogen (secondary N) is 3. The van der Waals surface area contributed by atoms with Crippen molar-refractivity contribution in [3.63, 3.8) is 0 Å². The van der Waals surface area contributed by atoms with Gasteiger partial charge in [-0.1, -0.05) is 12.2 Å². The summed E-state index contributed by atoms with van der Waals surface area (Å²) < 4.78 is 93.9. The lowest BCUT2D eigenvalue weighted by Crippen LogP contribution is -2.58. The molecular weight excluding hydrogens is 840 g/mol. The van der Waals surface area contributed by atoms with Crippen LogP contribution in [-0.4, -0.2) is 110 Å². The topological polar surface area (TPSA) is 201 Å². The van der Waals surface area contributed by atoms with E-state index < -0.39 is 86.4 Å². The number of alkyl halides is 3. The Balaban J connectivity index is 1.23. The van der Waals surface area contributed by atoms with Crippen molar-refractivity contribution in [2.75, 3.05) is 26.9 Å². The van der Waals surface area contributed by atoms with Crippen LogP contribution in [0.2, 0.25) is 0 Å². The second-order valence-electron chi connectivity index (χ2n) is 16.7. The van der Waals surface area contributed by atoms with Crippen LogP contribution in [0.5, 0.6) is 17.4 Å². The van der Waals surface area contributed by atoms with E-state index >= 15 is 0 Å². The van der Waals surface area contributed by atoms with E-state index in [4.69, 9.17) is 23.9 Å². The lowest BCUT2D eigenvalue weighted by molar-refractivity contribution is -0.274. The highest BCUT2D eigenvalue weighted by Crippen LogP contribution is 2.46. The average Bonchev–Trinajstić information content (AvgIpc) is 4.12. The van der Waals surface area contributed by atoms with Gasteiger partial charge in [-0.25, -0.2) is 18.2 Å². The summed E-state index contributed by atoms with van der Waals surface area (Å²) in [5.41, 5.74) is -1.81. The highest BCUT2D eigenvalue weighted by Gasteiger charge is 2.62. The number of hydrogen-bond acceptors (Lipinski definition) is 12. The molecule has 20 heteroatoms. The summed E-state index contributed by atoms with van der Waals surface area (Å²) >= 11 is 0. The Hall–Kier alpha value is -5.63. The third-order valence-corrected chi connectivity index (χ3v) is 12.7. The first-order valence-corrected chi connectivity index (χ1v) is 21.7. The quantitative estimate of drug-likeness (QED) is 0.246. The molecule has 3 aromatic rings. The minimum absolute atomic E-state index is 0.0745. The Kier molecular flexibility index (Phi) is 12.4. The molecule has 4 amide bonds. The molecule has 7 rings (SSSR count). The summed E-state index contributed by atoms with van der Waals surface area (Å²) in [6.07, 6.45) is -2.08. The molecule has 0 spiro atoms. The van der Waals surface area contributed by atoms with Gasteiger partial charge in [0.1, 0.15) is 40.8 Å². The van der Waals surface area contributed by atoms with Crippen molar-refractivity contribution in [3.05, 3.63) is 60.7 Å². The summed E-state index contributed by atoms with van der Waals surface area (Å²) in [4.78, 5) is 62.0. The summed E-state index contributed by atoms with van der Waals surface area (Å²) in [5, 5.41) is 5.84. The van der Waals surface area contributed by atoms with E-state index in [1.54, 1.807) is 57.2 Å². The van der Waals surface area contributed by atoms with E-state index in [-0.39, 0.29) is 44.9 Å². The van der Waals surface area contributed by atoms with Crippen molar-refractivity contribution in [1.29, 1.82) is 0 Å². The van der Waals surface area contributed by atoms with E-state index in [0.29, 0.717) is 47.0 Å². The SMILES string of the molecule is COc1ccc2c(OC3C[C@H]4C(=O)N[C@]5(C(=O)NS(=O)(=O)C6CC6)C[C@H]5C=CCOCCC[C@H](NC(=O)OC(C)(C)C)C(=O)N4C3)nc(-c3ccc(OC(F)(F)F)cc3)cc2c1. The van der Waals surface area contributed by atoms with Crippen LogP contribution in [0.1, 0.15) is 59.3 Å². The predicted molar refractivity (Wildman–Crippen MR) is 216 cm³/mol. The number of alkyl carbamates (subject to hydrolysis) is 1. The Bertz CT molecular complexity index is 2350. The van der Waals surface area contributed by atoms with E-state index in [2.05, 4.69) is 20.1 Å². The molecule has 4 aliphatic rings. The highest BCUT2D eigenvalue weighted by molar-refractivity contribution is 7.91. The Labute approximate surface area is 355 Å². The number of ether oxygens (including phenoxy) is 5. The zero-order chi connectivity index (χ0) is 44.6. The maximum Gasteiger partial charge on any atom is 0.573 e. The number of amides is 4. The number of hydrogen-bond donors (Lipinski definition) is 3. The molecule has 2 aromatic carbocycles. The van der Waals surface area contributed by atoms with Gasteiger partial charge in [0.2, 0.25) is 27.7 Å².